The number of carbonyl (C=O) groups excluding carboxylic acids is 2. The number of nitrogens with one attached hydrogen (secondary N) is 1. The molecule has 0 aliphatic carbocycles. The van der Waals surface area contributed by atoms with E-state index in [1.807, 2.05) is 27.8 Å². The van der Waals surface area contributed by atoms with Crippen molar-refractivity contribution in [3.05, 3.63) is 40.2 Å². The van der Waals surface area contributed by atoms with Crippen LogP contribution in [0.3, 0.4) is 0 Å². The van der Waals surface area contributed by atoms with Crippen LogP contribution >= 0.6 is 11.3 Å². The van der Waals surface area contributed by atoms with E-state index in [4.69, 9.17) is 4.52 Å². The van der Waals surface area contributed by atoms with Crippen LogP contribution in [0.1, 0.15) is 39.8 Å². The monoisotopic (exact) mass is 373 g/mol. The van der Waals surface area contributed by atoms with Gasteiger partial charge in [0, 0.05) is 30.4 Å². The molecule has 0 aliphatic heterocycles. The van der Waals surface area contributed by atoms with Crippen LogP contribution in [-0.2, 0) is 7.05 Å². The molecule has 0 saturated heterocycles. The van der Waals surface area contributed by atoms with Gasteiger partial charge in [0.1, 0.15) is 0 Å². The molecular formula is C17H19N5O3S. The van der Waals surface area contributed by atoms with Gasteiger partial charge in [-0.3, -0.25) is 14.3 Å². The summed E-state index contributed by atoms with van der Waals surface area (Å²) in [5.74, 6) is -0.323. The maximum absolute atomic E-state index is 12.6. The smallest absolute Gasteiger partial charge is 0.274 e. The minimum atomic E-state index is -0.686. The lowest BCUT2D eigenvalue weighted by molar-refractivity contribution is 0.0826. The Morgan fingerprint density at radius 1 is 1.35 bits per heavy atom. The molecule has 0 saturated carbocycles. The fourth-order valence-electron chi connectivity index (χ4n) is 2.48. The van der Waals surface area contributed by atoms with Crippen LogP contribution in [0, 0.1) is 12.8 Å². The number of amides is 1. The average molecular weight is 373 g/mol. The topological polar surface area (TPSA) is 103 Å². The molecule has 1 amide bonds. The van der Waals surface area contributed by atoms with Crippen molar-refractivity contribution in [1.82, 2.24) is 25.2 Å². The highest BCUT2D eigenvalue weighted by atomic mass is 32.1. The Morgan fingerprint density at radius 2 is 2.12 bits per heavy atom. The zero-order valence-corrected chi connectivity index (χ0v) is 15.7. The molecule has 0 fully saturated rings. The molecule has 1 atom stereocenters. The molecule has 0 spiro atoms. The number of rotatable bonds is 6. The van der Waals surface area contributed by atoms with Crippen molar-refractivity contribution < 1.29 is 14.1 Å². The van der Waals surface area contributed by atoms with Crippen LogP contribution in [0.15, 0.2) is 28.4 Å². The fourth-order valence-corrected chi connectivity index (χ4v) is 3.09. The van der Waals surface area contributed by atoms with E-state index < -0.39 is 11.9 Å². The first-order chi connectivity index (χ1) is 12.4. The Balaban J connectivity index is 1.78. The molecule has 3 aromatic rings. The van der Waals surface area contributed by atoms with E-state index in [2.05, 4.69) is 20.6 Å². The maximum Gasteiger partial charge on any atom is 0.274 e. The average Bonchev–Trinajstić information content (AvgIpc) is 3.34. The summed E-state index contributed by atoms with van der Waals surface area (Å²) in [6, 6.07) is 0.860. The SMILES string of the molecule is Cc1c(-c2cc(C(=O)NC(C(=O)c3nccs3)C(C)C)no2)cnn1C. The molecule has 1 N–H and O–H groups in total. The summed E-state index contributed by atoms with van der Waals surface area (Å²) in [5.41, 5.74) is 1.77. The lowest BCUT2D eigenvalue weighted by Crippen LogP contribution is -2.44. The van der Waals surface area contributed by atoms with E-state index in [0.717, 1.165) is 11.3 Å². The largest absolute Gasteiger partial charge is 0.355 e. The number of aryl methyl sites for hydroxylation is 1. The van der Waals surface area contributed by atoms with Crippen LogP contribution < -0.4 is 5.32 Å². The van der Waals surface area contributed by atoms with Crippen LogP contribution in [0.25, 0.3) is 11.3 Å². The summed E-state index contributed by atoms with van der Waals surface area (Å²) >= 11 is 1.25. The van der Waals surface area contributed by atoms with Gasteiger partial charge in [-0.25, -0.2) is 4.98 Å². The first kappa shape index (κ1) is 18.0. The molecule has 0 aromatic carbocycles. The van der Waals surface area contributed by atoms with Gasteiger partial charge in [0.25, 0.3) is 5.91 Å². The molecule has 1 unspecified atom stereocenters. The molecule has 136 valence electrons. The second-order valence-corrected chi connectivity index (χ2v) is 7.13. The number of carbonyl (C=O) groups is 2. The zero-order chi connectivity index (χ0) is 18.8. The van der Waals surface area contributed by atoms with Gasteiger partial charge in [-0.15, -0.1) is 11.3 Å². The number of aromatic nitrogens is 4. The molecule has 9 heteroatoms. The van der Waals surface area contributed by atoms with Gasteiger partial charge in [-0.2, -0.15) is 5.10 Å². The number of hydrogen-bond donors (Lipinski definition) is 1. The van der Waals surface area contributed by atoms with Crippen molar-refractivity contribution in [3.8, 4) is 11.3 Å². The van der Waals surface area contributed by atoms with Gasteiger partial charge in [0.05, 0.1) is 17.8 Å². The summed E-state index contributed by atoms with van der Waals surface area (Å²) in [6.07, 6.45) is 3.22. The minimum Gasteiger partial charge on any atom is -0.355 e. The third-order valence-electron chi connectivity index (χ3n) is 4.12. The van der Waals surface area contributed by atoms with Crippen LogP contribution in [0.5, 0.6) is 0 Å². The van der Waals surface area contributed by atoms with E-state index in [1.165, 1.54) is 11.3 Å². The number of Topliss-reactive ketones (excluding diaryl/α,β-unsaturated/α-hetero) is 1. The molecule has 0 aliphatic rings. The number of ketones is 1. The van der Waals surface area contributed by atoms with Crippen molar-refractivity contribution in [2.45, 2.75) is 26.8 Å². The second kappa shape index (κ2) is 7.20. The Kier molecular flexibility index (Phi) is 4.99. The molecule has 3 heterocycles. The third kappa shape index (κ3) is 3.43. The first-order valence-electron chi connectivity index (χ1n) is 8.08. The second-order valence-electron chi connectivity index (χ2n) is 6.24. The molecular weight excluding hydrogens is 354 g/mol. The predicted molar refractivity (Wildman–Crippen MR) is 96.0 cm³/mol. The summed E-state index contributed by atoms with van der Waals surface area (Å²) in [6.45, 7) is 5.62. The predicted octanol–water partition coefficient (Wildman–Crippen LogP) is 2.48. The fraction of sp³-hybridized carbons (Fsp3) is 0.353. The minimum absolute atomic E-state index is 0.0951. The first-order valence-corrected chi connectivity index (χ1v) is 8.96. The van der Waals surface area contributed by atoms with E-state index in [1.54, 1.807) is 28.5 Å². The van der Waals surface area contributed by atoms with Crippen molar-refractivity contribution in [3.63, 3.8) is 0 Å². The van der Waals surface area contributed by atoms with Gasteiger partial charge < -0.3 is 9.84 Å². The normalized spacial score (nSPS) is 12.3. The van der Waals surface area contributed by atoms with Crippen molar-refractivity contribution in [2.24, 2.45) is 13.0 Å². The lowest BCUT2D eigenvalue weighted by atomic mass is 10.00. The zero-order valence-electron chi connectivity index (χ0n) is 14.9. The Hall–Kier alpha value is -2.81. The van der Waals surface area contributed by atoms with E-state index in [0.29, 0.717) is 10.8 Å². The summed E-state index contributed by atoms with van der Waals surface area (Å²) in [4.78, 5) is 29.1. The molecule has 3 rings (SSSR count). The number of nitrogens with zero attached hydrogens (tertiary/aromatic N) is 4. The van der Waals surface area contributed by atoms with Crippen LogP contribution in [0.4, 0.5) is 0 Å². The van der Waals surface area contributed by atoms with Gasteiger partial charge in [0.15, 0.2) is 16.5 Å². The van der Waals surface area contributed by atoms with Crippen molar-refractivity contribution in [1.29, 1.82) is 0 Å². The summed E-state index contributed by atoms with van der Waals surface area (Å²) < 4.78 is 6.99. The van der Waals surface area contributed by atoms with Crippen molar-refractivity contribution >= 4 is 23.0 Å². The van der Waals surface area contributed by atoms with Crippen molar-refractivity contribution in [2.75, 3.05) is 0 Å². The number of thiazole rings is 1. The lowest BCUT2D eigenvalue weighted by Gasteiger charge is -2.19. The van der Waals surface area contributed by atoms with Crippen LogP contribution in [-0.4, -0.2) is 37.7 Å². The van der Waals surface area contributed by atoms with Gasteiger partial charge in [-0.1, -0.05) is 19.0 Å². The van der Waals surface area contributed by atoms with Crippen LogP contribution in [0.2, 0.25) is 0 Å². The summed E-state index contributed by atoms with van der Waals surface area (Å²) in [7, 11) is 1.82. The Morgan fingerprint density at radius 3 is 2.69 bits per heavy atom. The highest BCUT2D eigenvalue weighted by Crippen LogP contribution is 2.23. The van der Waals surface area contributed by atoms with E-state index in [9.17, 15) is 9.59 Å². The summed E-state index contributed by atoms with van der Waals surface area (Å²) in [5, 5.41) is 12.8. The Labute approximate surface area is 154 Å². The van der Waals surface area contributed by atoms with E-state index in [-0.39, 0.29) is 17.4 Å². The molecule has 0 bridgehead atoms. The maximum atomic E-state index is 12.6. The van der Waals surface area contributed by atoms with E-state index >= 15 is 0 Å². The standard InChI is InChI=1S/C17H19N5O3S/c1-9(2)14(15(23)17-18-5-6-26-17)20-16(24)12-7-13(25-21-12)11-8-19-22(4)10(11)3/h5-9,14H,1-4H3,(H,20,24). The molecule has 8 nitrogen and oxygen atoms in total. The molecule has 26 heavy (non-hydrogen) atoms. The Bertz CT molecular complexity index is 926. The van der Waals surface area contributed by atoms with Gasteiger partial charge >= 0.3 is 0 Å². The highest BCUT2D eigenvalue weighted by molar-refractivity contribution is 7.11. The quantitative estimate of drug-likeness (QED) is 0.666. The molecule has 0 radical (unpaired) electrons. The van der Waals surface area contributed by atoms with Gasteiger partial charge in [0.2, 0.25) is 5.78 Å². The third-order valence-corrected chi connectivity index (χ3v) is 4.91. The number of hydrogen-bond acceptors (Lipinski definition) is 7. The highest BCUT2D eigenvalue weighted by Gasteiger charge is 2.28. The molecule has 3 aromatic heterocycles. The van der Waals surface area contributed by atoms with Gasteiger partial charge in [-0.05, 0) is 12.8 Å².